The standard InChI is InChI=1S/C19H20O2/c1-11-10-12(2)21-18-13(11)6-7-14-15(18)8-9-16(17(14)20)19(3,4)5/h6-10H,1-5H3/p+1. The normalized spacial score (nSPS) is 12.2. The van der Waals surface area contributed by atoms with Crippen LogP contribution in [0.3, 0.4) is 0 Å². The fraction of sp³-hybridized carbons (Fsp3) is 0.316. The number of rotatable bonds is 0. The summed E-state index contributed by atoms with van der Waals surface area (Å²) in [4.78, 5) is 0. The van der Waals surface area contributed by atoms with Crippen LogP contribution in [0.1, 0.15) is 37.7 Å². The van der Waals surface area contributed by atoms with Gasteiger partial charge in [0.25, 0.3) is 0 Å². The lowest BCUT2D eigenvalue weighted by Gasteiger charge is -2.21. The van der Waals surface area contributed by atoms with E-state index in [9.17, 15) is 5.11 Å². The van der Waals surface area contributed by atoms with Crippen LogP contribution in [-0.4, -0.2) is 5.11 Å². The van der Waals surface area contributed by atoms with Gasteiger partial charge in [-0.2, -0.15) is 0 Å². The van der Waals surface area contributed by atoms with Crippen molar-refractivity contribution in [2.45, 2.75) is 40.0 Å². The van der Waals surface area contributed by atoms with Crippen molar-refractivity contribution in [3.8, 4) is 5.75 Å². The van der Waals surface area contributed by atoms with Crippen molar-refractivity contribution in [2.24, 2.45) is 0 Å². The second-order valence-corrected chi connectivity index (χ2v) is 6.79. The van der Waals surface area contributed by atoms with Crippen LogP contribution < -0.4 is 0 Å². The van der Waals surface area contributed by atoms with Crippen molar-refractivity contribution >= 4 is 21.7 Å². The first-order valence-corrected chi connectivity index (χ1v) is 7.28. The number of phenols is 1. The molecule has 0 saturated heterocycles. The Labute approximate surface area is 125 Å². The van der Waals surface area contributed by atoms with Gasteiger partial charge in [-0.3, -0.25) is 0 Å². The number of fused-ring (bicyclic) bond motifs is 3. The molecule has 108 valence electrons. The predicted molar refractivity (Wildman–Crippen MR) is 88.0 cm³/mol. The van der Waals surface area contributed by atoms with Gasteiger partial charge in [0.2, 0.25) is 0 Å². The molecule has 2 nitrogen and oxygen atoms in total. The van der Waals surface area contributed by atoms with E-state index in [1.54, 1.807) is 0 Å². The Morgan fingerprint density at radius 1 is 0.905 bits per heavy atom. The second-order valence-electron chi connectivity index (χ2n) is 6.79. The zero-order chi connectivity index (χ0) is 15.4. The number of hydrogen-bond acceptors (Lipinski definition) is 1. The molecule has 3 rings (SSSR count). The molecular formula is C19H21O2+. The van der Waals surface area contributed by atoms with Crippen molar-refractivity contribution < 1.29 is 9.52 Å². The van der Waals surface area contributed by atoms with E-state index in [0.29, 0.717) is 5.75 Å². The maximum atomic E-state index is 10.6. The van der Waals surface area contributed by atoms with Gasteiger partial charge >= 0.3 is 11.3 Å². The van der Waals surface area contributed by atoms with E-state index in [2.05, 4.69) is 33.8 Å². The van der Waals surface area contributed by atoms with Crippen LogP contribution in [0, 0.1) is 13.8 Å². The topological polar surface area (TPSA) is 31.5 Å². The monoisotopic (exact) mass is 281 g/mol. The smallest absolute Gasteiger partial charge is 0.368 e. The molecule has 0 aliphatic rings. The van der Waals surface area contributed by atoms with Crippen molar-refractivity contribution in [3.05, 3.63) is 47.2 Å². The van der Waals surface area contributed by atoms with Gasteiger partial charge in [-0.05, 0) is 41.7 Å². The molecule has 0 aliphatic carbocycles. The van der Waals surface area contributed by atoms with E-state index in [1.165, 1.54) is 5.56 Å². The summed E-state index contributed by atoms with van der Waals surface area (Å²) < 4.78 is 5.93. The lowest BCUT2D eigenvalue weighted by atomic mass is 9.84. The van der Waals surface area contributed by atoms with E-state index >= 15 is 0 Å². The van der Waals surface area contributed by atoms with Crippen molar-refractivity contribution in [2.75, 3.05) is 0 Å². The highest BCUT2D eigenvalue weighted by atomic mass is 16.3. The molecule has 0 unspecified atom stereocenters. The summed E-state index contributed by atoms with van der Waals surface area (Å²) in [6.07, 6.45) is 0. The first-order chi connectivity index (χ1) is 9.79. The molecular weight excluding hydrogens is 260 g/mol. The van der Waals surface area contributed by atoms with Crippen molar-refractivity contribution in [1.29, 1.82) is 0 Å². The summed E-state index contributed by atoms with van der Waals surface area (Å²) >= 11 is 0. The Morgan fingerprint density at radius 2 is 1.52 bits per heavy atom. The average molecular weight is 281 g/mol. The van der Waals surface area contributed by atoms with Gasteiger partial charge in [0.15, 0.2) is 0 Å². The molecule has 1 heterocycles. The quantitative estimate of drug-likeness (QED) is 0.436. The molecule has 2 heteroatoms. The molecule has 2 aromatic carbocycles. The number of aryl methyl sites for hydroxylation is 2. The van der Waals surface area contributed by atoms with Crippen LogP contribution in [0.4, 0.5) is 0 Å². The summed E-state index contributed by atoms with van der Waals surface area (Å²) in [6, 6.07) is 10.1. The molecule has 0 bridgehead atoms. The average Bonchev–Trinajstić information content (AvgIpc) is 2.37. The van der Waals surface area contributed by atoms with Crippen molar-refractivity contribution in [1.82, 2.24) is 0 Å². The minimum absolute atomic E-state index is 0.0904. The van der Waals surface area contributed by atoms with Crippen LogP contribution in [0.25, 0.3) is 21.7 Å². The largest absolute Gasteiger partial charge is 0.507 e. The van der Waals surface area contributed by atoms with Gasteiger partial charge in [0.05, 0.1) is 17.7 Å². The molecule has 0 atom stereocenters. The van der Waals surface area contributed by atoms with Gasteiger partial charge in [-0.15, -0.1) is 0 Å². The van der Waals surface area contributed by atoms with Gasteiger partial charge < -0.3 is 5.11 Å². The Hall–Kier alpha value is -2.09. The minimum Gasteiger partial charge on any atom is -0.507 e. The Bertz CT molecular complexity index is 855. The van der Waals surface area contributed by atoms with Crippen LogP contribution >= 0.6 is 0 Å². The van der Waals surface area contributed by atoms with E-state index < -0.39 is 0 Å². The van der Waals surface area contributed by atoms with Crippen LogP contribution in [0.2, 0.25) is 0 Å². The van der Waals surface area contributed by atoms with Crippen molar-refractivity contribution in [3.63, 3.8) is 0 Å². The molecule has 0 amide bonds. The summed E-state index contributed by atoms with van der Waals surface area (Å²) in [5.41, 5.74) is 2.90. The summed E-state index contributed by atoms with van der Waals surface area (Å²) in [6.45, 7) is 10.4. The maximum Gasteiger partial charge on any atom is 0.368 e. The predicted octanol–water partition coefficient (Wildman–Crippen LogP) is 5.49. The molecule has 3 aromatic rings. The first-order valence-electron chi connectivity index (χ1n) is 7.28. The zero-order valence-corrected chi connectivity index (χ0v) is 13.2. The van der Waals surface area contributed by atoms with E-state index in [0.717, 1.165) is 33.1 Å². The lowest BCUT2D eigenvalue weighted by molar-refractivity contribution is 0.452. The van der Waals surface area contributed by atoms with E-state index in [1.807, 2.05) is 31.2 Å². The zero-order valence-electron chi connectivity index (χ0n) is 13.2. The van der Waals surface area contributed by atoms with Crippen LogP contribution in [-0.2, 0) is 5.41 Å². The molecule has 0 spiro atoms. The molecule has 0 radical (unpaired) electrons. The van der Waals surface area contributed by atoms with E-state index in [-0.39, 0.29) is 5.41 Å². The minimum atomic E-state index is -0.0904. The third-order valence-corrected chi connectivity index (χ3v) is 4.04. The molecule has 0 saturated carbocycles. The van der Waals surface area contributed by atoms with Crippen LogP contribution in [0.15, 0.2) is 34.7 Å². The Morgan fingerprint density at radius 3 is 2.19 bits per heavy atom. The van der Waals surface area contributed by atoms with E-state index in [4.69, 9.17) is 4.42 Å². The first kappa shape index (κ1) is 13.9. The molecule has 0 aliphatic heterocycles. The molecule has 21 heavy (non-hydrogen) atoms. The number of phenolic OH excluding ortho intramolecular Hbond substituents is 1. The van der Waals surface area contributed by atoms with Crippen LogP contribution in [0.5, 0.6) is 5.75 Å². The number of benzene rings is 2. The SMILES string of the molecule is Cc1cc(C)c2ccc3c(O)c(C(C)(C)C)ccc3c2[o+]1. The van der Waals surface area contributed by atoms with Gasteiger partial charge in [0.1, 0.15) is 5.75 Å². The second kappa shape index (κ2) is 4.45. The number of hydrogen-bond donors (Lipinski definition) is 1. The third-order valence-electron chi connectivity index (χ3n) is 4.04. The highest BCUT2D eigenvalue weighted by Crippen LogP contribution is 2.39. The summed E-state index contributed by atoms with van der Waals surface area (Å²) in [7, 11) is 0. The molecule has 1 aromatic heterocycles. The Balaban J connectivity index is 2.46. The summed E-state index contributed by atoms with van der Waals surface area (Å²) in [5.74, 6) is 1.24. The number of aromatic hydroxyl groups is 1. The summed E-state index contributed by atoms with van der Waals surface area (Å²) in [5, 5.41) is 13.5. The highest BCUT2D eigenvalue weighted by Gasteiger charge is 2.23. The maximum absolute atomic E-state index is 10.6. The molecule has 1 N–H and O–H groups in total. The Kier molecular flexibility index (Phi) is 2.94. The van der Waals surface area contributed by atoms with Gasteiger partial charge in [0, 0.05) is 11.5 Å². The van der Waals surface area contributed by atoms with Gasteiger partial charge in [-0.25, -0.2) is 4.42 Å². The highest BCUT2D eigenvalue weighted by molar-refractivity contribution is 6.07. The lowest BCUT2D eigenvalue weighted by Crippen LogP contribution is -2.11. The fourth-order valence-corrected chi connectivity index (χ4v) is 2.96. The van der Waals surface area contributed by atoms with Gasteiger partial charge in [-0.1, -0.05) is 26.8 Å². The third kappa shape index (κ3) is 2.15. The fourth-order valence-electron chi connectivity index (χ4n) is 2.96. The molecule has 0 fully saturated rings.